The highest BCUT2D eigenvalue weighted by atomic mass is 127. The van der Waals surface area contributed by atoms with Crippen molar-refractivity contribution in [3.8, 4) is 0 Å². The van der Waals surface area contributed by atoms with E-state index < -0.39 is 0 Å². The lowest BCUT2D eigenvalue weighted by atomic mass is 9.83. The molecule has 0 aliphatic heterocycles. The number of pyridine rings is 1. The van der Waals surface area contributed by atoms with Crippen LogP contribution in [-0.2, 0) is 6.54 Å². The summed E-state index contributed by atoms with van der Waals surface area (Å²) in [6.07, 6.45) is 8.47. The van der Waals surface area contributed by atoms with E-state index in [9.17, 15) is 0 Å². The monoisotopic (exact) mass is 445 g/mol. The fraction of sp³-hybridized carbons (Fsp3) is 0.667. The van der Waals surface area contributed by atoms with Crippen LogP contribution in [0.3, 0.4) is 0 Å². The summed E-state index contributed by atoms with van der Waals surface area (Å²) in [4.78, 5) is 10.8. The van der Waals surface area contributed by atoms with Gasteiger partial charge in [0.2, 0.25) is 0 Å². The summed E-state index contributed by atoms with van der Waals surface area (Å²) in [5.74, 6) is 1.87. The van der Waals surface area contributed by atoms with E-state index in [-0.39, 0.29) is 24.0 Å². The van der Waals surface area contributed by atoms with Crippen LogP contribution in [0.15, 0.2) is 23.3 Å². The Morgan fingerprint density at radius 3 is 2.58 bits per heavy atom. The molecule has 1 heterocycles. The van der Waals surface area contributed by atoms with Gasteiger partial charge in [-0.15, -0.1) is 24.0 Å². The number of aromatic nitrogens is 1. The topological polar surface area (TPSA) is 52.6 Å². The molecule has 0 saturated heterocycles. The molecule has 24 heavy (non-hydrogen) atoms. The van der Waals surface area contributed by atoms with Crippen LogP contribution in [-0.4, -0.2) is 38.6 Å². The lowest BCUT2D eigenvalue weighted by Crippen LogP contribution is -2.42. The molecule has 1 aliphatic carbocycles. The predicted octanol–water partition coefficient (Wildman–Crippen LogP) is 3.40. The van der Waals surface area contributed by atoms with Crippen molar-refractivity contribution in [3.63, 3.8) is 0 Å². The number of hydrogen-bond acceptors (Lipinski definition) is 3. The van der Waals surface area contributed by atoms with Gasteiger partial charge in [-0.25, -0.2) is 4.98 Å². The van der Waals surface area contributed by atoms with Gasteiger partial charge in [0.1, 0.15) is 5.82 Å². The molecule has 1 saturated carbocycles. The summed E-state index contributed by atoms with van der Waals surface area (Å²) in [6, 6.07) is 4.08. The number of nitrogens with one attached hydrogen (secondary N) is 2. The lowest BCUT2D eigenvalue weighted by molar-refractivity contribution is 0.283. The smallest absolute Gasteiger partial charge is 0.191 e. The zero-order valence-corrected chi connectivity index (χ0v) is 17.8. The Labute approximate surface area is 163 Å². The molecule has 0 radical (unpaired) electrons. The van der Waals surface area contributed by atoms with Crippen LogP contribution in [0, 0.1) is 5.41 Å². The minimum atomic E-state index is 0. The molecule has 6 heteroatoms. The molecular weight excluding hydrogens is 413 g/mol. The van der Waals surface area contributed by atoms with Crippen LogP contribution < -0.4 is 15.5 Å². The lowest BCUT2D eigenvalue weighted by Gasteiger charge is -2.28. The van der Waals surface area contributed by atoms with Gasteiger partial charge in [0.15, 0.2) is 5.96 Å². The molecule has 0 amide bonds. The zero-order chi connectivity index (χ0) is 16.7. The number of anilines is 1. The molecule has 1 aliphatic rings. The molecule has 2 rings (SSSR count). The maximum atomic E-state index is 4.44. The van der Waals surface area contributed by atoms with Crippen LogP contribution >= 0.6 is 24.0 Å². The highest BCUT2D eigenvalue weighted by Crippen LogP contribution is 2.40. The molecule has 136 valence electrons. The number of guanidine groups is 1. The third-order valence-corrected chi connectivity index (χ3v) is 5.01. The number of halogens is 1. The minimum Gasteiger partial charge on any atom is -0.362 e. The number of nitrogens with zero attached hydrogens (tertiary/aromatic N) is 3. The van der Waals surface area contributed by atoms with Gasteiger partial charge in [-0.3, -0.25) is 4.99 Å². The van der Waals surface area contributed by atoms with E-state index in [1.807, 2.05) is 38.3 Å². The Morgan fingerprint density at radius 1 is 1.29 bits per heavy atom. The molecule has 1 fully saturated rings. The third kappa shape index (κ3) is 5.50. The Hall–Kier alpha value is -1.05. The molecule has 1 aromatic rings. The summed E-state index contributed by atoms with van der Waals surface area (Å²) in [6.45, 7) is 4.04. The van der Waals surface area contributed by atoms with Crippen LogP contribution in [0.25, 0.3) is 0 Å². The largest absolute Gasteiger partial charge is 0.362 e. The fourth-order valence-electron chi connectivity index (χ4n) is 3.42. The fourth-order valence-corrected chi connectivity index (χ4v) is 3.42. The van der Waals surface area contributed by atoms with Gasteiger partial charge in [0.05, 0.1) is 0 Å². The van der Waals surface area contributed by atoms with Gasteiger partial charge in [-0.2, -0.15) is 0 Å². The Bertz CT molecular complexity index is 524. The highest BCUT2D eigenvalue weighted by molar-refractivity contribution is 14.0. The third-order valence-electron chi connectivity index (χ3n) is 5.01. The van der Waals surface area contributed by atoms with Gasteiger partial charge < -0.3 is 15.5 Å². The van der Waals surface area contributed by atoms with E-state index >= 15 is 0 Å². The van der Waals surface area contributed by atoms with Gasteiger partial charge in [-0.1, -0.05) is 25.8 Å². The Balaban J connectivity index is 0.00000288. The normalized spacial score (nSPS) is 16.4. The van der Waals surface area contributed by atoms with E-state index in [1.165, 1.54) is 37.7 Å². The van der Waals surface area contributed by atoms with Crippen LogP contribution in [0.4, 0.5) is 5.82 Å². The Morgan fingerprint density at radius 2 is 2.00 bits per heavy atom. The maximum absolute atomic E-state index is 4.44. The van der Waals surface area contributed by atoms with E-state index in [0.29, 0.717) is 5.41 Å². The van der Waals surface area contributed by atoms with E-state index in [4.69, 9.17) is 0 Å². The summed E-state index contributed by atoms with van der Waals surface area (Å²) in [7, 11) is 5.87. The molecule has 1 aromatic heterocycles. The van der Waals surface area contributed by atoms with Crippen molar-refractivity contribution in [2.75, 3.05) is 32.6 Å². The molecule has 0 spiro atoms. The zero-order valence-electron chi connectivity index (χ0n) is 15.4. The van der Waals surface area contributed by atoms with Gasteiger partial charge in [0.25, 0.3) is 0 Å². The first-order chi connectivity index (χ1) is 11.1. The first-order valence-electron chi connectivity index (χ1n) is 8.66. The van der Waals surface area contributed by atoms with Crippen molar-refractivity contribution in [2.24, 2.45) is 10.4 Å². The van der Waals surface area contributed by atoms with Gasteiger partial charge in [-0.05, 0) is 30.7 Å². The van der Waals surface area contributed by atoms with Crippen LogP contribution in [0.2, 0.25) is 0 Å². The van der Waals surface area contributed by atoms with Gasteiger partial charge in [0, 0.05) is 46.0 Å². The Kier molecular flexibility index (Phi) is 8.80. The number of rotatable bonds is 6. The molecular formula is C18H32IN5. The van der Waals surface area contributed by atoms with Crippen molar-refractivity contribution in [1.29, 1.82) is 0 Å². The minimum absolute atomic E-state index is 0. The molecule has 0 bridgehead atoms. The van der Waals surface area contributed by atoms with Crippen LogP contribution in [0.1, 0.15) is 44.6 Å². The van der Waals surface area contributed by atoms with E-state index in [1.54, 1.807) is 0 Å². The molecule has 5 nitrogen and oxygen atoms in total. The molecule has 2 N–H and O–H groups in total. The van der Waals surface area contributed by atoms with Gasteiger partial charge >= 0.3 is 0 Å². The molecule has 0 unspecified atom stereocenters. The van der Waals surface area contributed by atoms with E-state index in [2.05, 4.69) is 33.6 Å². The summed E-state index contributed by atoms with van der Waals surface area (Å²) in [5, 5.41) is 6.95. The second-order valence-electron chi connectivity index (χ2n) is 6.72. The summed E-state index contributed by atoms with van der Waals surface area (Å²) < 4.78 is 0. The van der Waals surface area contributed by atoms with Crippen molar-refractivity contribution >= 4 is 35.8 Å². The van der Waals surface area contributed by atoms with Crippen molar-refractivity contribution in [3.05, 3.63) is 23.9 Å². The van der Waals surface area contributed by atoms with Crippen molar-refractivity contribution in [1.82, 2.24) is 15.6 Å². The summed E-state index contributed by atoms with van der Waals surface area (Å²) in [5.41, 5.74) is 1.63. The average molecular weight is 445 g/mol. The second-order valence-corrected chi connectivity index (χ2v) is 6.72. The first kappa shape index (κ1) is 21.0. The SMILES string of the molecule is CCC1(CNC(=NC)NCc2cccnc2N(C)C)CCCC1.I. The number of aliphatic imine (C=N–C) groups is 1. The number of hydrogen-bond donors (Lipinski definition) is 2. The first-order valence-corrected chi connectivity index (χ1v) is 8.66. The predicted molar refractivity (Wildman–Crippen MR) is 113 cm³/mol. The second kappa shape index (κ2) is 10.1. The molecule has 0 aromatic carbocycles. The van der Waals surface area contributed by atoms with Crippen molar-refractivity contribution < 1.29 is 0 Å². The van der Waals surface area contributed by atoms with Crippen molar-refractivity contribution in [2.45, 2.75) is 45.6 Å². The maximum Gasteiger partial charge on any atom is 0.191 e. The van der Waals surface area contributed by atoms with Crippen LogP contribution in [0.5, 0.6) is 0 Å². The molecule has 0 atom stereocenters. The van der Waals surface area contributed by atoms with E-state index in [0.717, 1.165) is 24.9 Å². The quantitative estimate of drug-likeness (QED) is 0.401. The average Bonchev–Trinajstić information content (AvgIpc) is 3.04. The summed E-state index contributed by atoms with van der Waals surface area (Å²) >= 11 is 0. The standard InChI is InChI=1S/C18H31N5.HI/c1-5-18(10-6-7-11-18)14-22-17(19-2)21-13-15-9-8-12-20-16(15)23(3)4;/h8-9,12H,5-7,10-11,13-14H2,1-4H3,(H2,19,21,22);1H. The highest BCUT2D eigenvalue weighted by Gasteiger charge is 2.31.